The number of aromatic nitrogens is 2. The Bertz CT molecular complexity index is 892. The van der Waals surface area contributed by atoms with Gasteiger partial charge >= 0.3 is 0 Å². The van der Waals surface area contributed by atoms with Crippen molar-refractivity contribution in [2.45, 2.75) is 58.4 Å². The molecule has 8 heteroatoms. The number of ether oxygens (including phenoxy) is 3. The number of anilines is 1. The zero-order chi connectivity index (χ0) is 22.0. The molecule has 2 aliphatic heterocycles. The molecule has 31 heavy (non-hydrogen) atoms. The van der Waals surface area contributed by atoms with Gasteiger partial charge in [-0.1, -0.05) is 0 Å². The van der Waals surface area contributed by atoms with Crippen LogP contribution in [0.3, 0.4) is 0 Å². The summed E-state index contributed by atoms with van der Waals surface area (Å²) >= 11 is 0. The van der Waals surface area contributed by atoms with Crippen LogP contribution < -0.4 is 14.8 Å². The van der Waals surface area contributed by atoms with E-state index in [4.69, 9.17) is 14.2 Å². The van der Waals surface area contributed by atoms with E-state index in [0.717, 1.165) is 30.0 Å². The van der Waals surface area contributed by atoms with Crippen LogP contribution in [0.25, 0.3) is 0 Å². The van der Waals surface area contributed by atoms with Gasteiger partial charge in [-0.2, -0.15) is 0 Å². The molecule has 0 saturated carbocycles. The highest BCUT2D eigenvalue weighted by atomic mass is 16.5. The summed E-state index contributed by atoms with van der Waals surface area (Å²) in [5, 5.41) is 3.21. The second-order valence-electron chi connectivity index (χ2n) is 8.72. The Kier molecular flexibility index (Phi) is 6.00. The van der Waals surface area contributed by atoms with Crippen LogP contribution in [0.1, 0.15) is 50.0 Å². The molecule has 0 radical (unpaired) electrons. The van der Waals surface area contributed by atoms with Gasteiger partial charge in [0.25, 0.3) is 5.91 Å². The number of carbonyl (C=O) groups excluding carboxylic acids is 1. The first-order valence-corrected chi connectivity index (χ1v) is 10.8. The van der Waals surface area contributed by atoms with E-state index in [1.807, 2.05) is 50.8 Å². The van der Waals surface area contributed by atoms with Gasteiger partial charge in [0.05, 0.1) is 36.5 Å². The monoisotopic (exact) mass is 426 g/mol. The van der Waals surface area contributed by atoms with Crippen LogP contribution in [0.2, 0.25) is 0 Å². The van der Waals surface area contributed by atoms with Gasteiger partial charge < -0.3 is 24.4 Å². The summed E-state index contributed by atoms with van der Waals surface area (Å²) in [5.74, 6) is 1.95. The van der Waals surface area contributed by atoms with Gasteiger partial charge in [-0.3, -0.25) is 4.79 Å². The number of rotatable bonds is 8. The van der Waals surface area contributed by atoms with Crippen LogP contribution in [0.15, 0.2) is 30.6 Å². The van der Waals surface area contributed by atoms with Gasteiger partial charge in [-0.25, -0.2) is 9.97 Å². The molecule has 4 rings (SSSR count). The summed E-state index contributed by atoms with van der Waals surface area (Å²) < 4.78 is 17.0. The summed E-state index contributed by atoms with van der Waals surface area (Å²) in [7, 11) is 0. The predicted octanol–water partition coefficient (Wildman–Crippen LogP) is 3.28. The van der Waals surface area contributed by atoms with Gasteiger partial charge in [-0.05, 0) is 51.8 Å². The van der Waals surface area contributed by atoms with Crippen molar-refractivity contribution in [3.8, 4) is 11.5 Å². The highest BCUT2D eigenvalue weighted by Crippen LogP contribution is 2.38. The number of nitrogens with one attached hydrogen (secondary N) is 1. The van der Waals surface area contributed by atoms with E-state index in [0.29, 0.717) is 31.3 Å². The van der Waals surface area contributed by atoms with Crippen molar-refractivity contribution in [3.63, 3.8) is 0 Å². The number of benzene rings is 1. The third kappa shape index (κ3) is 4.74. The van der Waals surface area contributed by atoms with E-state index in [1.165, 1.54) is 0 Å². The number of likely N-dealkylation sites (tertiary alicyclic amines) is 1. The number of carbonyl (C=O) groups is 1. The molecule has 1 aromatic carbocycles. The second-order valence-corrected chi connectivity index (χ2v) is 8.72. The number of amides is 1. The minimum absolute atomic E-state index is 0.0323. The Morgan fingerprint density at radius 1 is 1.10 bits per heavy atom. The molecule has 0 aliphatic carbocycles. The third-order valence-corrected chi connectivity index (χ3v) is 5.39. The molecule has 0 unspecified atom stereocenters. The fraction of sp³-hybridized carbons (Fsp3) is 0.522. The molecule has 1 aromatic heterocycles. The van der Waals surface area contributed by atoms with E-state index in [9.17, 15) is 4.79 Å². The molecule has 2 aromatic rings. The van der Waals surface area contributed by atoms with Crippen LogP contribution in [-0.4, -0.2) is 58.3 Å². The molecule has 2 aliphatic rings. The number of hydrogen-bond donors (Lipinski definition) is 1. The number of hydrogen-bond acceptors (Lipinski definition) is 7. The Labute approximate surface area is 182 Å². The third-order valence-electron chi connectivity index (χ3n) is 5.39. The van der Waals surface area contributed by atoms with E-state index in [-0.39, 0.29) is 23.7 Å². The molecule has 2 saturated heterocycles. The Balaban J connectivity index is 1.40. The molecule has 1 amide bonds. The standard InChI is InChI=1S/C23H30N4O4/c1-15(2)30-19-7-17(8-20(9-19)31-16(3)4)10-24-22-25-11-18(12-26-22)21(28)27-6-5-23(27)13-29-14-23/h7-9,11-12,15-16H,5-6,10,13-14H2,1-4H3,(H,24,25,26). The fourth-order valence-corrected chi connectivity index (χ4v) is 3.77. The second kappa shape index (κ2) is 8.70. The Morgan fingerprint density at radius 2 is 1.71 bits per heavy atom. The van der Waals surface area contributed by atoms with Crippen molar-refractivity contribution in [1.29, 1.82) is 0 Å². The normalized spacial score (nSPS) is 16.8. The van der Waals surface area contributed by atoms with E-state index < -0.39 is 0 Å². The van der Waals surface area contributed by atoms with Crippen molar-refractivity contribution >= 4 is 11.9 Å². The smallest absolute Gasteiger partial charge is 0.257 e. The van der Waals surface area contributed by atoms with Gasteiger partial charge in [0.15, 0.2) is 0 Å². The average Bonchev–Trinajstić information content (AvgIpc) is 2.63. The Hall–Kier alpha value is -2.87. The molecule has 166 valence electrons. The van der Waals surface area contributed by atoms with E-state index >= 15 is 0 Å². The molecular formula is C23H30N4O4. The van der Waals surface area contributed by atoms with Crippen LogP contribution >= 0.6 is 0 Å². The van der Waals surface area contributed by atoms with E-state index in [1.54, 1.807) is 12.4 Å². The van der Waals surface area contributed by atoms with Gasteiger partial charge in [-0.15, -0.1) is 0 Å². The van der Waals surface area contributed by atoms with Gasteiger partial charge in [0, 0.05) is 31.5 Å². The lowest BCUT2D eigenvalue weighted by Crippen LogP contribution is -2.72. The minimum atomic E-state index is -0.0904. The molecule has 2 fully saturated rings. The first kappa shape index (κ1) is 21.4. The van der Waals surface area contributed by atoms with Crippen LogP contribution in [0.5, 0.6) is 11.5 Å². The highest BCUT2D eigenvalue weighted by molar-refractivity contribution is 5.95. The van der Waals surface area contributed by atoms with Gasteiger partial charge in [0.1, 0.15) is 11.5 Å². The summed E-state index contributed by atoms with van der Waals surface area (Å²) in [6.07, 6.45) is 4.30. The van der Waals surface area contributed by atoms with Crippen molar-refractivity contribution in [2.75, 3.05) is 25.1 Å². The summed E-state index contributed by atoms with van der Waals surface area (Å²) in [5.41, 5.74) is 1.40. The zero-order valence-electron chi connectivity index (χ0n) is 18.6. The van der Waals surface area contributed by atoms with Crippen LogP contribution in [0, 0.1) is 0 Å². The molecular weight excluding hydrogens is 396 g/mol. The zero-order valence-corrected chi connectivity index (χ0v) is 18.6. The topological polar surface area (TPSA) is 85.8 Å². The van der Waals surface area contributed by atoms with Crippen molar-refractivity contribution in [2.24, 2.45) is 0 Å². The SMILES string of the molecule is CC(C)Oc1cc(CNc2ncc(C(=O)N3CCC34COC4)cn2)cc(OC(C)C)c1. The lowest BCUT2D eigenvalue weighted by atomic mass is 9.82. The molecule has 8 nitrogen and oxygen atoms in total. The lowest BCUT2D eigenvalue weighted by molar-refractivity contribution is -0.172. The summed E-state index contributed by atoms with van der Waals surface area (Å²) in [4.78, 5) is 23.2. The Morgan fingerprint density at radius 3 is 2.16 bits per heavy atom. The maximum Gasteiger partial charge on any atom is 0.257 e. The molecule has 0 atom stereocenters. The highest BCUT2D eigenvalue weighted by Gasteiger charge is 2.53. The minimum Gasteiger partial charge on any atom is -0.491 e. The fourth-order valence-electron chi connectivity index (χ4n) is 3.77. The maximum absolute atomic E-state index is 12.7. The first-order valence-electron chi connectivity index (χ1n) is 10.8. The maximum atomic E-state index is 12.7. The number of nitrogens with zero attached hydrogens (tertiary/aromatic N) is 3. The predicted molar refractivity (Wildman–Crippen MR) is 117 cm³/mol. The average molecular weight is 427 g/mol. The quantitative estimate of drug-likeness (QED) is 0.693. The molecule has 1 spiro atoms. The van der Waals surface area contributed by atoms with Crippen molar-refractivity contribution < 1.29 is 19.0 Å². The van der Waals surface area contributed by atoms with Crippen LogP contribution in [0.4, 0.5) is 5.95 Å². The molecule has 0 bridgehead atoms. The summed E-state index contributed by atoms with van der Waals surface area (Å²) in [6.45, 7) is 10.5. The van der Waals surface area contributed by atoms with Crippen molar-refractivity contribution in [3.05, 3.63) is 41.7 Å². The summed E-state index contributed by atoms with van der Waals surface area (Å²) in [6, 6.07) is 5.85. The molecule has 3 heterocycles. The van der Waals surface area contributed by atoms with Gasteiger partial charge in [0.2, 0.25) is 5.95 Å². The van der Waals surface area contributed by atoms with Crippen LogP contribution in [-0.2, 0) is 11.3 Å². The largest absolute Gasteiger partial charge is 0.491 e. The van der Waals surface area contributed by atoms with E-state index in [2.05, 4.69) is 15.3 Å². The van der Waals surface area contributed by atoms with Crippen molar-refractivity contribution in [1.82, 2.24) is 14.9 Å². The lowest BCUT2D eigenvalue weighted by Gasteiger charge is -2.57. The first-order chi connectivity index (χ1) is 14.8. The molecule has 1 N–H and O–H groups in total.